The van der Waals surface area contributed by atoms with Gasteiger partial charge < -0.3 is 10.6 Å². The average molecular weight is 194 g/mol. The maximum absolute atomic E-state index is 5.61. The summed E-state index contributed by atoms with van der Waals surface area (Å²) in [4.78, 5) is 2.50. The van der Waals surface area contributed by atoms with E-state index in [1.807, 2.05) is 6.20 Å². The molecule has 0 unspecified atom stereocenters. The molecular formula is C10H18N4. The number of hydrogen-bond acceptors (Lipinski definition) is 3. The van der Waals surface area contributed by atoms with Gasteiger partial charge in [0, 0.05) is 30.8 Å². The van der Waals surface area contributed by atoms with Crippen molar-refractivity contribution in [3.8, 4) is 0 Å². The second-order valence-corrected chi connectivity index (χ2v) is 3.88. The Morgan fingerprint density at radius 3 is 2.93 bits per heavy atom. The van der Waals surface area contributed by atoms with Gasteiger partial charge in [-0.15, -0.1) is 0 Å². The molecule has 1 saturated heterocycles. The van der Waals surface area contributed by atoms with Crippen LogP contribution >= 0.6 is 0 Å². The first-order valence-electron chi connectivity index (χ1n) is 5.33. The summed E-state index contributed by atoms with van der Waals surface area (Å²) >= 11 is 0. The van der Waals surface area contributed by atoms with Crippen LogP contribution in [0.4, 0.5) is 0 Å². The van der Waals surface area contributed by atoms with Crippen molar-refractivity contribution in [3.05, 3.63) is 17.5 Å². The molecule has 0 aliphatic carbocycles. The molecule has 1 aromatic heterocycles. The fourth-order valence-electron chi connectivity index (χ4n) is 2.01. The number of rotatable bonds is 4. The van der Waals surface area contributed by atoms with Gasteiger partial charge in [0.15, 0.2) is 0 Å². The zero-order chi connectivity index (χ0) is 9.80. The van der Waals surface area contributed by atoms with Gasteiger partial charge in [0.2, 0.25) is 0 Å². The Morgan fingerprint density at radius 1 is 1.43 bits per heavy atom. The fourth-order valence-corrected chi connectivity index (χ4v) is 2.01. The molecule has 3 N–H and O–H groups in total. The van der Waals surface area contributed by atoms with Gasteiger partial charge in [0.05, 0.1) is 6.20 Å². The first kappa shape index (κ1) is 9.68. The average Bonchev–Trinajstić information content (AvgIpc) is 2.85. The molecule has 0 radical (unpaired) electrons. The Kier molecular flexibility index (Phi) is 3.16. The van der Waals surface area contributed by atoms with Crippen LogP contribution in [-0.4, -0.2) is 34.7 Å². The maximum atomic E-state index is 5.61. The topological polar surface area (TPSA) is 57.9 Å². The summed E-state index contributed by atoms with van der Waals surface area (Å²) in [7, 11) is 0. The first-order chi connectivity index (χ1) is 6.90. The van der Waals surface area contributed by atoms with Crippen molar-refractivity contribution in [2.75, 3.05) is 19.6 Å². The molecule has 14 heavy (non-hydrogen) atoms. The number of aromatic nitrogens is 2. The largest absolute Gasteiger partial charge is 0.326 e. The van der Waals surface area contributed by atoms with Gasteiger partial charge in [0.1, 0.15) is 0 Å². The van der Waals surface area contributed by atoms with Gasteiger partial charge in [-0.1, -0.05) is 0 Å². The van der Waals surface area contributed by atoms with Gasteiger partial charge in [-0.25, -0.2) is 0 Å². The first-order valence-corrected chi connectivity index (χ1v) is 5.33. The molecular weight excluding hydrogens is 176 g/mol. The lowest BCUT2D eigenvalue weighted by Crippen LogP contribution is -2.22. The summed E-state index contributed by atoms with van der Waals surface area (Å²) in [5, 5.41) is 7.04. The molecule has 4 heteroatoms. The second-order valence-electron chi connectivity index (χ2n) is 3.88. The highest BCUT2D eigenvalue weighted by Gasteiger charge is 2.12. The van der Waals surface area contributed by atoms with Crippen LogP contribution < -0.4 is 5.73 Å². The maximum Gasteiger partial charge on any atom is 0.0535 e. The molecule has 78 valence electrons. The van der Waals surface area contributed by atoms with E-state index in [2.05, 4.69) is 15.1 Å². The molecule has 1 aromatic rings. The minimum Gasteiger partial charge on any atom is -0.326 e. The number of nitrogens with two attached hydrogens (primary N) is 1. The standard InChI is InChI=1S/C10H18N4/c11-7-9-8-12-13-10(9)3-6-14-4-1-2-5-14/h8H,1-7,11H2,(H,12,13). The van der Waals surface area contributed by atoms with Crippen LogP contribution in [0.3, 0.4) is 0 Å². The highest BCUT2D eigenvalue weighted by molar-refractivity contribution is 5.16. The Labute approximate surface area is 84.5 Å². The van der Waals surface area contributed by atoms with Crippen molar-refractivity contribution in [2.24, 2.45) is 5.73 Å². The number of nitrogens with zero attached hydrogens (tertiary/aromatic N) is 2. The quantitative estimate of drug-likeness (QED) is 0.734. The molecule has 0 atom stereocenters. The zero-order valence-electron chi connectivity index (χ0n) is 8.50. The predicted molar refractivity (Wildman–Crippen MR) is 55.9 cm³/mol. The van der Waals surface area contributed by atoms with Crippen LogP contribution in [0.15, 0.2) is 6.20 Å². The third kappa shape index (κ3) is 2.13. The van der Waals surface area contributed by atoms with Crippen molar-refractivity contribution in [2.45, 2.75) is 25.8 Å². The van der Waals surface area contributed by atoms with Crippen molar-refractivity contribution in [1.29, 1.82) is 0 Å². The Bertz CT molecular complexity index is 275. The summed E-state index contributed by atoms with van der Waals surface area (Å²) in [6.07, 6.45) is 5.59. The highest BCUT2D eigenvalue weighted by Crippen LogP contribution is 2.10. The Morgan fingerprint density at radius 2 is 2.21 bits per heavy atom. The minimum absolute atomic E-state index is 0.589. The van der Waals surface area contributed by atoms with E-state index in [0.717, 1.165) is 18.5 Å². The van der Waals surface area contributed by atoms with Crippen molar-refractivity contribution < 1.29 is 0 Å². The molecule has 1 aliphatic heterocycles. The minimum atomic E-state index is 0.589. The van der Waals surface area contributed by atoms with Gasteiger partial charge >= 0.3 is 0 Å². The lowest BCUT2D eigenvalue weighted by molar-refractivity contribution is 0.342. The van der Waals surface area contributed by atoms with E-state index in [4.69, 9.17) is 5.73 Å². The van der Waals surface area contributed by atoms with E-state index in [1.54, 1.807) is 0 Å². The third-order valence-corrected chi connectivity index (χ3v) is 2.90. The number of likely N-dealkylation sites (tertiary alicyclic amines) is 1. The summed E-state index contributed by atoms with van der Waals surface area (Å²) in [5.41, 5.74) is 7.97. The normalized spacial score (nSPS) is 17.8. The molecule has 1 fully saturated rings. The van der Waals surface area contributed by atoms with Crippen molar-refractivity contribution >= 4 is 0 Å². The molecule has 0 amide bonds. The van der Waals surface area contributed by atoms with Gasteiger partial charge in [0.25, 0.3) is 0 Å². The monoisotopic (exact) mass is 194 g/mol. The van der Waals surface area contributed by atoms with E-state index in [1.165, 1.54) is 31.6 Å². The van der Waals surface area contributed by atoms with Crippen LogP contribution in [0.5, 0.6) is 0 Å². The van der Waals surface area contributed by atoms with Gasteiger partial charge in [-0.2, -0.15) is 5.10 Å². The molecule has 4 nitrogen and oxygen atoms in total. The van der Waals surface area contributed by atoms with Crippen LogP contribution in [0.25, 0.3) is 0 Å². The predicted octanol–water partition coefficient (Wildman–Crippen LogP) is 0.507. The second kappa shape index (κ2) is 4.57. The van der Waals surface area contributed by atoms with Crippen molar-refractivity contribution in [3.63, 3.8) is 0 Å². The van der Waals surface area contributed by atoms with E-state index in [-0.39, 0.29) is 0 Å². The summed E-state index contributed by atoms with van der Waals surface area (Å²) in [6, 6.07) is 0. The zero-order valence-corrected chi connectivity index (χ0v) is 8.50. The SMILES string of the molecule is NCc1cn[nH]c1CCN1CCCC1. The fraction of sp³-hybridized carbons (Fsp3) is 0.700. The van der Waals surface area contributed by atoms with E-state index in [9.17, 15) is 0 Å². The highest BCUT2D eigenvalue weighted by atomic mass is 15.1. The third-order valence-electron chi connectivity index (χ3n) is 2.90. The van der Waals surface area contributed by atoms with Crippen LogP contribution in [0.2, 0.25) is 0 Å². The summed E-state index contributed by atoms with van der Waals surface area (Å²) in [5.74, 6) is 0. The summed E-state index contributed by atoms with van der Waals surface area (Å²) < 4.78 is 0. The number of hydrogen-bond donors (Lipinski definition) is 2. The van der Waals surface area contributed by atoms with Crippen molar-refractivity contribution in [1.82, 2.24) is 15.1 Å². The molecule has 0 saturated carbocycles. The smallest absolute Gasteiger partial charge is 0.0535 e. The number of nitrogens with one attached hydrogen (secondary N) is 1. The number of aromatic amines is 1. The number of H-pyrrole nitrogens is 1. The van der Waals surface area contributed by atoms with Crippen LogP contribution in [0, 0.1) is 0 Å². The Hall–Kier alpha value is -0.870. The van der Waals surface area contributed by atoms with E-state index >= 15 is 0 Å². The molecule has 0 bridgehead atoms. The lowest BCUT2D eigenvalue weighted by atomic mass is 10.2. The molecule has 0 spiro atoms. The summed E-state index contributed by atoms with van der Waals surface area (Å²) in [6.45, 7) is 4.24. The van der Waals surface area contributed by atoms with Crippen LogP contribution in [-0.2, 0) is 13.0 Å². The molecule has 0 aromatic carbocycles. The molecule has 2 heterocycles. The molecule has 2 rings (SSSR count). The lowest BCUT2D eigenvalue weighted by Gasteiger charge is -2.13. The van der Waals surface area contributed by atoms with Gasteiger partial charge in [-0.05, 0) is 25.9 Å². The van der Waals surface area contributed by atoms with Gasteiger partial charge in [-0.3, -0.25) is 5.10 Å². The Balaban J connectivity index is 1.84. The van der Waals surface area contributed by atoms with E-state index < -0.39 is 0 Å². The van der Waals surface area contributed by atoms with E-state index in [0.29, 0.717) is 6.54 Å². The van der Waals surface area contributed by atoms with Crippen LogP contribution in [0.1, 0.15) is 24.1 Å². The molecule has 1 aliphatic rings.